The molecule has 0 fully saturated rings. The highest BCUT2D eigenvalue weighted by Crippen LogP contribution is 2.30. The van der Waals surface area contributed by atoms with Crippen molar-refractivity contribution >= 4 is 11.8 Å². The van der Waals surface area contributed by atoms with Gasteiger partial charge < -0.3 is 11.1 Å². The van der Waals surface area contributed by atoms with Gasteiger partial charge in [0.05, 0.1) is 0 Å². The molecular formula is C16H24N2O2. The first-order chi connectivity index (χ1) is 9.56. The second-order valence-electron chi connectivity index (χ2n) is 5.11. The molecule has 20 heavy (non-hydrogen) atoms. The highest BCUT2D eigenvalue weighted by molar-refractivity contribution is 6.04. The number of primary amides is 1. The largest absolute Gasteiger partial charge is 0.369 e. The van der Waals surface area contributed by atoms with Gasteiger partial charge >= 0.3 is 0 Å². The number of hydrogen-bond donors (Lipinski definition) is 2. The van der Waals surface area contributed by atoms with Crippen molar-refractivity contribution in [1.29, 1.82) is 0 Å². The van der Waals surface area contributed by atoms with E-state index in [0.29, 0.717) is 19.4 Å². The second-order valence-corrected chi connectivity index (χ2v) is 5.11. The Labute approximate surface area is 120 Å². The molecule has 0 unspecified atom stereocenters. The molecule has 4 nitrogen and oxygen atoms in total. The molecule has 0 aromatic heterocycles. The van der Waals surface area contributed by atoms with E-state index in [1.807, 2.05) is 44.2 Å². The maximum Gasteiger partial charge on any atom is 0.235 e. The van der Waals surface area contributed by atoms with Crippen LogP contribution in [0.1, 0.15) is 45.1 Å². The summed E-state index contributed by atoms with van der Waals surface area (Å²) < 4.78 is 0. The molecule has 0 radical (unpaired) electrons. The molecule has 0 bridgehead atoms. The van der Waals surface area contributed by atoms with Gasteiger partial charge in [-0.2, -0.15) is 0 Å². The van der Waals surface area contributed by atoms with Crippen LogP contribution in [0.15, 0.2) is 30.3 Å². The van der Waals surface area contributed by atoms with Gasteiger partial charge in [-0.05, 0) is 18.4 Å². The Morgan fingerprint density at radius 2 is 1.65 bits per heavy atom. The van der Waals surface area contributed by atoms with Gasteiger partial charge in [-0.1, -0.05) is 57.0 Å². The molecule has 1 aromatic carbocycles. The Kier molecular flexibility index (Phi) is 6.22. The van der Waals surface area contributed by atoms with Gasteiger partial charge in [0, 0.05) is 6.54 Å². The zero-order valence-corrected chi connectivity index (χ0v) is 12.3. The normalized spacial score (nSPS) is 11.1. The number of carbonyl (C=O) groups is 2. The maximum atomic E-state index is 12.4. The third kappa shape index (κ3) is 3.83. The lowest BCUT2D eigenvalue weighted by Crippen LogP contribution is -2.49. The summed E-state index contributed by atoms with van der Waals surface area (Å²) >= 11 is 0. The van der Waals surface area contributed by atoms with E-state index in [9.17, 15) is 9.59 Å². The molecule has 2 amide bonds. The predicted octanol–water partition coefficient (Wildman–Crippen LogP) is 2.37. The molecule has 0 saturated heterocycles. The van der Waals surface area contributed by atoms with Crippen LogP contribution in [0.4, 0.5) is 0 Å². The van der Waals surface area contributed by atoms with Crippen LogP contribution in [-0.4, -0.2) is 11.8 Å². The number of nitrogens with one attached hydrogen (secondary N) is 1. The molecule has 110 valence electrons. The van der Waals surface area contributed by atoms with Crippen molar-refractivity contribution in [3.63, 3.8) is 0 Å². The monoisotopic (exact) mass is 276 g/mol. The summed E-state index contributed by atoms with van der Waals surface area (Å²) in [6, 6.07) is 9.63. The first kappa shape index (κ1) is 16.2. The maximum absolute atomic E-state index is 12.4. The minimum Gasteiger partial charge on any atom is -0.369 e. The molecule has 0 heterocycles. The van der Waals surface area contributed by atoms with Gasteiger partial charge in [-0.15, -0.1) is 0 Å². The molecule has 0 atom stereocenters. The Morgan fingerprint density at radius 3 is 2.10 bits per heavy atom. The van der Waals surface area contributed by atoms with Crippen molar-refractivity contribution in [3.8, 4) is 0 Å². The van der Waals surface area contributed by atoms with Crippen molar-refractivity contribution in [1.82, 2.24) is 5.32 Å². The van der Waals surface area contributed by atoms with E-state index in [0.717, 1.165) is 18.4 Å². The minimum absolute atomic E-state index is 0.252. The molecule has 0 saturated carbocycles. The smallest absolute Gasteiger partial charge is 0.235 e. The van der Waals surface area contributed by atoms with Crippen molar-refractivity contribution in [2.24, 2.45) is 11.1 Å². The van der Waals surface area contributed by atoms with Crippen molar-refractivity contribution in [2.75, 3.05) is 0 Å². The Morgan fingerprint density at radius 1 is 1.10 bits per heavy atom. The summed E-state index contributed by atoms with van der Waals surface area (Å²) in [4.78, 5) is 24.3. The lowest BCUT2D eigenvalue weighted by atomic mass is 9.77. The third-order valence-electron chi connectivity index (χ3n) is 3.56. The van der Waals surface area contributed by atoms with E-state index in [2.05, 4.69) is 5.32 Å². The summed E-state index contributed by atoms with van der Waals surface area (Å²) in [6.45, 7) is 4.33. The van der Waals surface area contributed by atoms with Crippen molar-refractivity contribution < 1.29 is 9.59 Å². The fraction of sp³-hybridized carbons (Fsp3) is 0.500. The van der Waals surface area contributed by atoms with E-state index < -0.39 is 11.3 Å². The van der Waals surface area contributed by atoms with Crippen LogP contribution >= 0.6 is 0 Å². The van der Waals surface area contributed by atoms with Crippen LogP contribution < -0.4 is 11.1 Å². The second kappa shape index (κ2) is 7.68. The van der Waals surface area contributed by atoms with Gasteiger partial charge in [0.25, 0.3) is 0 Å². The third-order valence-corrected chi connectivity index (χ3v) is 3.56. The van der Waals surface area contributed by atoms with Gasteiger partial charge in [-0.25, -0.2) is 0 Å². The fourth-order valence-electron chi connectivity index (χ4n) is 2.51. The van der Waals surface area contributed by atoms with Gasteiger partial charge in [0.1, 0.15) is 5.41 Å². The number of hydrogen-bond acceptors (Lipinski definition) is 2. The predicted molar refractivity (Wildman–Crippen MR) is 79.7 cm³/mol. The molecular weight excluding hydrogens is 252 g/mol. The lowest BCUT2D eigenvalue weighted by molar-refractivity contribution is -0.143. The number of rotatable bonds is 8. The first-order valence-corrected chi connectivity index (χ1v) is 7.19. The highest BCUT2D eigenvalue weighted by atomic mass is 16.2. The van der Waals surface area contributed by atoms with Gasteiger partial charge in [0.15, 0.2) is 0 Å². The van der Waals surface area contributed by atoms with E-state index in [-0.39, 0.29) is 5.91 Å². The quantitative estimate of drug-likeness (QED) is 0.715. The van der Waals surface area contributed by atoms with E-state index >= 15 is 0 Å². The van der Waals surface area contributed by atoms with Crippen LogP contribution in [-0.2, 0) is 16.1 Å². The molecule has 0 aliphatic rings. The molecule has 3 N–H and O–H groups in total. The van der Waals surface area contributed by atoms with Gasteiger partial charge in [0.2, 0.25) is 11.8 Å². The summed E-state index contributed by atoms with van der Waals surface area (Å²) in [5.41, 5.74) is 5.45. The topological polar surface area (TPSA) is 72.2 Å². The Bertz CT molecular complexity index is 437. The summed E-state index contributed by atoms with van der Waals surface area (Å²) in [7, 11) is 0. The van der Waals surface area contributed by atoms with Crippen LogP contribution in [0, 0.1) is 5.41 Å². The first-order valence-electron chi connectivity index (χ1n) is 7.19. The van der Waals surface area contributed by atoms with Crippen molar-refractivity contribution in [2.45, 2.75) is 46.1 Å². The number of benzene rings is 1. The number of nitrogens with two attached hydrogens (primary N) is 1. The van der Waals surface area contributed by atoms with E-state index in [1.54, 1.807) is 0 Å². The molecule has 4 heteroatoms. The van der Waals surface area contributed by atoms with Crippen LogP contribution in [0.5, 0.6) is 0 Å². The lowest BCUT2D eigenvalue weighted by Gasteiger charge is -2.28. The molecule has 1 rings (SSSR count). The molecule has 0 aliphatic heterocycles. The summed E-state index contributed by atoms with van der Waals surface area (Å²) in [6.07, 6.45) is 2.50. The number of carbonyl (C=O) groups excluding carboxylic acids is 2. The average Bonchev–Trinajstić information content (AvgIpc) is 2.45. The minimum atomic E-state index is -1.07. The fourth-order valence-corrected chi connectivity index (χ4v) is 2.51. The van der Waals surface area contributed by atoms with E-state index in [4.69, 9.17) is 5.73 Å². The van der Waals surface area contributed by atoms with Gasteiger partial charge in [-0.3, -0.25) is 9.59 Å². The highest BCUT2D eigenvalue weighted by Gasteiger charge is 2.42. The number of amides is 2. The summed E-state index contributed by atoms with van der Waals surface area (Å²) in [5, 5.41) is 2.85. The molecule has 0 spiro atoms. The SMILES string of the molecule is CCCC(CCC)(C(N)=O)C(=O)NCc1ccccc1. The average molecular weight is 276 g/mol. The molecule has 1 aromatic rings. The van der Waals surface area contributed by atoms with Crippen molar-refractivity contribution in [3.05, 3.63) is 35.9 Å². The molecule has 0 aliphatic carbocycles. The Balaban J connectivity index is 2.80. The van der Waals surface area contributed by atoms with E-state index in [1.165, 1.54) is 0 Å². The Hall–Kier alpha value is -1.84. The standard InChI is InChI=1S/C16H24N2O2/c1-3-10-16(11-4-2,14(17)19)15(20)18-12-13-8-6-5-7-9-13/h5-9H,3-4,10-12H2,1-2H3,(H2,17,19)(H,18,20). The zero-order valence-electron chi connectivity index (χ0n) is 12.3. The summed E-state index contributed by atoms with van der Waals surface area (Å²) in [5.74, 6) is -0.774. The van der Waals surface area contributed by atoms with Crippen LogP contribution in [0.3, 0.4) is 0 Å². The van der Waals surface area contributed by atoms with Crippen LogP contribution in [0.2, 0.25) is 0 Å². The van der Waals surface area contributed by atoms with Crippen LogP contribution in [0.25, 0.3) is 0 Å². The zero-order chi connectivity index (χ0) is 15.0.